The number of hydrogen-bond donors (Lipinski definition) is 3. The van der Waals surface area contributed by atoms with E-state index in [0.29, 0.717) is 0 Å². The Labute approximate surface area is 109 Å². The molecule has 2 N–H and O–H groups in total. The van der Waals surface area contributed by atoms with Gasteiger partial charge in [0.2, 0.25) is 0 Å². The van der Waals surface area contributed by atoms with Crippen molar-refractivity contribution in [2.75, 3.05) is 5.75 Å². The molecule has 0 fully saturated rings. The molecule has 0 aliphatic rings. The summed E-state index contributed by atoms with van der Waals surface area (Å²) in [6.45, 7) is 1.29. The van der Waals surface area contributed by atoms with E-state index in [1.807, 2.05) is 0 Å². The number of Topliss-reactive ketones (excluding diaryl/α,β-unsaturated/α-hetero) is 1. The number of aliphatic hydroxyl groups is 2. The van der Waals surface area contributed by atoms with Crippen molar-refractivity contribution < 1.29 is 19.9 Å². The minimum atomic E-state index is -1.41. The van der Waals surface area contributed by atoms with Crippen LogP contribution in [0, 0.1) is 10.1 Å². The molecule has 0 amide bonds. The van der Waals surface area contributed by atoms with E-state index in [1.165, 1.54) is 19.1 Å². The Morgan fingerprint density at radius 2 is 2.11 bits per heavy atom. The predicted molar refractivity (Wildman–Crippen MR) is 67.9 cm³/mol. The maximum atomic E-state index is 11.1. The fourth-order valence-electron chi connectivity index (χ4n) is 1.48. The van der Waals surface area contributed by atoms with Gasteiger partial charge in [0.25, 0.3) is 5.69 Å². The second-order valence-corrected chi connectivity index (χ2v) is 4.15. The highest BCUT2D eigenvalue weighted by molar-refractivity contribution is 7.80. The highest BCUT2D eigenvalue weighted by Crippen LogP contribution is 2.28. The van der Waals surface area contributed by atoms with Crippen molar-refractivity contribution in [3.8, 4) is 0 Å². The molecule has 0 heterocycles. The SMILES string of the molecule is CC(=O)c1ccc(C(O)C(O)CS)c([N+](=O)[O-])c1. The first kappa shape index (κ1) is 14.6. The maximum absolute atomic E-state index is 11.1. The maximum Gasteiger partial charge on any atom is 0.276 e. The van der Waals surface area contributed by atoms with Gasteiger partial charge in [0.05, 0.1) is 16.6 Å². The third kappa shape index (κ3) is 3.06. The molecule has 1 rings (SSSR count). The van der Waals surface area contributed by atoms with E-state index in [4.69, 9.17) is 0 Å². The lowest BCUT2D eigenvalue weighted by molar-refractivity contribution is -0.386. The van der Waals surface area contributed by atoms with Gasteiger partial charge in [-0.1, -0.05) is 6.07 Å². The molecule has 0 radical (unpaired) electrons. The fraction of sp³-hybridized carbons (Fsp3) is 0.364. The van der Waals surface area contributed by atoms with Gasteiger partial charge in [-0.15, -0.1) is 0 Å². The van der Waals surface area contributed by atoms with Crippen molar-refractivity contribution in [1.82, 2.24) is 0 Å². The molecule has 1 aromatic rings. The normalized spacial score (nSPS) is 14.0. The molecule has 0 saturated carbocycles. The molecule has 0 aliphatic carbocycles. The summed E-state index contributed by atoms with van der Waals surface area (Å²) >= 11 is 3.81. The number of hydrogen-bond acceptors (Lipinski definition) is 6. The number of ketones is 1. The number of carbonyl (C=O) groups is 1. The average Bonchev–Trinajstić information content (AvgIpc) is 2.35. The summed E-state index contributed by atoms with van der Waals surface area (Å²) in [6, 6.07) is 3.73. The molecule has 18 heavy (non-hydrogen) atoms. The molecule has 0 aliphatic heterocycles. The third-order valence-electron chi connectivity index (χ3n) is 2.50. The number of thiol groups is 1. The van der Waals surface area contributed by atoms with E-state index in [9.17, 15) is 25.1 Å². The zero-order chi connectivity index (χ0) is 13.9. The minimum Gasteiger partial charge on any atom is -0.389 e. The van der Waals surface area contributed by atoms with Crippen LogP contribution in [0.15, 0.2) is 18.2 Å². The van der Waals surface area contributed by atoms with Crippen LogP contribution in [0.3, 0.4) is 0 Å². The zero-order valence-electron chi connectivity index (χ0n) is 9.61. The Bertz CT molecular complexity index is 477. The molecule has 1 aromatic carbocycles. The summed E-state index contributed by atoms with van der Waals surface area (Å²) in [6.07, 6.45) is -2.63. The highest BCUT2D eigenvalue weighted by atomic mass is 32.1. The third-order valence-corrected chi connectivity index (χ3v) is 2.88. The number of benzene rings is 1. The quantitative estimate of drug-likeness (QED) is 0.322. The van der Waals surface area contributed by atoms with Gasteiger partial charge in [-0.2, -0.15) is 12.6 Å². The van der Waals surface area contributed by atoms with Crippen molar-refractivity contribution in [3.63, 3.8) is 0 Å². The van der Waals surface area contributed by atoms with Gasteiger partial charge in [0.15, 0.2) is 5.78 Å². The van der Waals surface area contributed by atoms with E-state index >= 15 is 0 Å². The predicted octanol–water partition coefficient (Wildman–Crippen LogP) is 1.12. The first-order valence-electron chi connectivity index (χ1n) is 5.14. The van der Waals surface area contributed by atoms with E-state index in [0.717, 1.165) is 6.07 Å². The lowest BCUT2D eigenvalue weighted by Crippen LogP contribution is -2.20. The summed E-state index contributed by atoms with van der Waals surface area (Å²) in [5.41, 5.74) is -0.249. The fourth-order valence-corrected chi connectivity index (χ4v) is 1.68. The van der Waals surface area contributed by atoms with Crippen molar-refractivity contribution >= 4 is 24.1 Å². The summed E-state index contributed by atoms with van der Waals surface area (Å²) in [5.74, 6) is -0.346. The van der Waals surface area contributed by atoms with E-state index in [1.54, 1.807) is 0 Å². The van der Waals surface area contributed by atoms with E-state index in [2.05, 4.69) is 12.6 Å². The molecular weight excluding hydrogens is 258 g/mol. The van der Waals surface area contributed by atoms with Crippen molar-refractivity contribution in [2.45, 2.75) is 19.1 Å². The van der Waals surface area contributed by atoms with Gasteiger partial charge >= 0.3 is 0 Å². The first-order chi connectivity index (χ1) is 8.38. The molecule has 6 nitrogen and oxygen atoms in total. The molecule has 0 aromatic heterocycles. The monoisotopic (exact) mass is 271 g/mol. The average molecular weight is 271 g/mol. The van der Waals surface area contributed by atoms with Crippen LogP contribution in [0.25, 0.3) is 0 Å². The number of nitro groups is 1. The van der Waals surface area contributed by atoms with Crippen LogP contribution in [0.5, 0.6) is 0 Å². The molecule has 0 bridgehead atoms. The van der Waals surface area contributed by atoms with Gasteiger partial charge in [-0.3, -0.25) is 14.9 Å². The smallest absolute Gasteiger partial charge is 0.276 e. The second kappa shape index (κ2) is 5.94. The van der Waals surface area contributed by atoms with Gasteiger partial charge in [-0.25, -0.2) is 0 Å². The van der Waals surface area contributed by atoms with Crippen LogP contribution in [-0.2, 0) is 0 Å². The number of rotatable bonds is 5. The molecule has 0 spiro atoms. The molecule has 7 heteroatoms. The standard InChI is InChI=1S/C11H13NO5S/c1-6(13)7-2-3-8(9(4-7)12(16)17)11(15)10(14)5-18/h2-4,10-11,14-15,18H,5H2,1H3. The van der Waals surface area contributed by atoms with Crippen molar-refractivity contribution in [2.24, 2.45) is 0 Å². The topological polar surface area (TPSA) is 101 Å². The second-order valence-electron chi connectivity index (χ2n) is 3.78. The first-order valence-corrected chi connectivity index (χ1v) is 5.78. The molecular formula is C11H13NO5S. The van der Waals surface area contributed by atoms with E-state index in [-0.39, 0.29) is 22.7 Å². The Kier molecular flexibility index (Phi) is 4.83. The van der Waals surface area contributed by atoms with Crippen LogP contribution in [-0.4, -0.2) is 32.8 Å². The van der Waals surface area contributed by atoms with Crippen molar-refractivity contribution in [3.05, 3.63) is 39.4 Å². The Morgan fingerprint density at radius 3 is 2.56 bits per heavy atom. The van der Waals surface area contributed by atoms with Crippen LogP contribution >= 0.6 is 12.6 Å². The highest BCUT2D eigenvalue weighted by Gasteiger charge is 2.26. The molecule has 2 unspecified atom stereocenters. The van der Waals surface area contributed by atoms with Crippen LogP contribution in [0.2, 0.25) is 0 Å². The number of nitro benzene ring substituents is 1. The summed E-state index contributed by atoms with van der Waals surface area (Å²) < 4.78 is 0. The molecule has 98 valence electrons. The largest absolute Gasteiger partial charge is 0.389 e. The Morgan fingerprint density at radius 1 is 1.50 bits per heavy atom. The van der Waals surface area contributed by atoms with E-state index < -0.39 is 22.8 Å². The summed E-state index contributed by atoms with van der Waals surface area (Å²) in [7, 11) is 0. The van der Waals surface area contributed by atoms with Crippen LogP contribution < -0.4 is 0 Å². The Hall–Kier alpha value is -1.44. The minimum absolute atomic E-state index is 0.0349. The number of aliphatic hydroxyl groups excluding tert-OH is 2. The molecule has 0 saturated heterocycles. The van der Waals surface area contributed by atoms with Gasteiger partial charge < -0.3 is 10.2 Å². The zero-order valence-corrected chi connectivity index (χ0v) is 10.5. The molecule has 2 atom stereocenters. The summed E-state index contributed by atoms with van der Waals surface area (Å²) in [4.78, 5) is 21.3. The van der Waals surface area contributed by atoms with Gasteiger partial charge in [-0.05, 0) is 13.0 Å². The van der Waals surface area contributed by atoms with Crippen LogP contribution in [0.1, 0.15) is 28.9 Å². The number of carbonyl (C=O) groups excluding carboxylic acids is 1. The summed E-state index contributed by atoms with van der Waals surface area (Å²) in [5, 5.41) is 30.1. The van der Waals surface area contributed by atoms with Crippen LogP contribution in [0.4, 0.5) is 5.69 Å². The lowest BCUT2D eigenvalue weighted by atomic mass is 10.00. The number of nitrogens with zero attached hydrogens (tertiary/aromatic N) is 1. The van der Waals surface area contributed by atoms with Crippen molar-refractivity contribution in [1.29, 1.82) is 0 Å². The Balaban J connectivity index is 3.27. The lowest BCUT2D eigenvalue weighted by Gasteiger charge is -2.16. The van der Waals surface area contributed by atoms with Gasteiger partial charge in [0, 0.05) is 17.4 Å². The van der Waals surface area contributed by atoms with Gasteiger partial charge in [0.1, 0.15) is 6.10 Å².